The van der Waals surface area contributed by atoms with Crippen molar-refractivity contribution in [3.05, 3.63) is 32.3 Å². The van der Waals surface area contributed by atoms with E-state index >= 15 is 0 Å². The molecule has 0 bridgehead atoms. The van der Waals surface area contributed by atoms with Crippen LogP contribution in [0.1, 0.15) is 10.4 Å². The largest absolute Gasteiger partial charge is 0.545 e. The number of ether oxygens (including phenoxy) is 1. The Bertz CT molecular complexity index is 431. The van der Waals surface area contributed by atoms with E-state index in [0.717, 1.165) is 6.07 Å². The van der Waals surface area contributed by atoms with Gasteiger partial charge in [-0.25, -0.2) is 0 Å². The lowest BCUT2D eigenvalue weighted by molar-refractivity contribution is -0.385. The number of benzene rings is 1. The van der Waals surface area contributed by atoms with Crippen LogP contribution < -0.4 is 9.84 Å². The fraction of sp³-hybridized carbons (Fsp3) is 0.125. The number of carboxylic acids is 1. The van der Waals surface area contributed by atoms with Crippen molar-refractivity contribution in [1.29, 1.82) is 0 Å². The average molecular weight is 275 g/mol. The number of carboxylic acid groups (broad SMARTS) is 1. The molecule has 0 saturated heterocycles. The number of methoxy groups -OCH3 is 1. The van der Waals surface area contributed by atoms with E-state index in [9.17, 15) is 20.0 Å². The Morgan fingerprint density at radius 2 is 2.13 bits per heavy atom. The molecular formula is C8H5BrNO5-. The summed E-state index contributed by atoms with van der Waals surface area (Å²) >= 11 is 2.97. The second kappa shape index (κ2) is 4.26. The van der Waals surface area contributed by atoms with Gasteiger partial charge in [0, 0.05) is 11.6 Å². The average Bonchev–Trinajstić information content (AvgIpc) is 2.16. The van der Waals surface area contributed by atoms with E-state index in [-0.39, 0.29) is 15.8 Å². The van der Waals surface area contributed by atoms with E-state index in [0.29, 0.717) is 0 Å². The van der Waals surface area contributed by atoms with Crippen LogP contribution in [-0.2, 0) is 0 Å². The van der Waals surface area contributed by atoms with Crippen molar-refractivity contribution in [2.75, 3.05) is 7.11 Å². The molecule has 6 nitrogen and oxygen atoms in total. The molecular weight excluding hydrogens is 270 g/mol. The Hall–Kier alpha value is -1.63. The summed E-state index contributed by atoms with van der Waals surface area (Å²) in [7, 11) is 1.26. The zero-order valence-electron chi connectivity index (χ0n) is 7.52. The Balaban J connectivity index is 3.45. The van der Waals surface area contributed by atoms with Crippen LogP contribution in [0.4, 0.5) is 5.69 Å². The van der Waals surface area contributed by atoms with Crippen LogP contribution in [-0.4, -0.2) is 18.0 Å². The quantitative estimate of drug-likeness (QED) is 0.598. The molecule has 0 aromatic heterocycles. The first-order valence-electron chi connectivity index (χ1n) is 3.70. The lowest BCUT2D eigenvalue weighted by Crippen LogP contribution is -2.22. The summed E-state index contributed by atoms with van der Waals surface area (Å²) in [4.78, 5) is 20.4. The fourth-order valence-corrected chi connectivity index (χ4v) is 1.65. The van der Waals surface area contributed by atoms with Crippen LogP contribution in [0.5, 0.6) is 5.75 Å². The van der Waals surface area contributed by atoms with Crippen LogP contribution in [0.25, 0.3) is 0 Å². The summed E-state index contributed by atoms with van der Waals surface area (Å²) in [6, 6.07) is 2.07. The van der Waals surface area contributed by atoms with Gasteiger partial charge in [-0.1, -0.05) is 0 Å². The molecule has 0 atom stereocenters. The Morgan fingerprint density at radius 1 is 1.53 bits per heavy atom. The van der Waals surface area contributed by atoms with E-state index in [4.69, 9.17) is 4.74 Å². The van der Waals surface area contributed by atoms with Crippen molar-refractivity contribution < 1.29 is 19.6 Å². The van der Waals surface area contributed by atoms with Crippen molar-refractivity contribution >= 4 is 27.6 Å². The second-order valence-electron chi connectivity index (χ2n) is 2.56. The molecule has 0 saturated carbocycles. The number of nitro benzene ring substituents is 1. The molecule has 15 heavy (non-hydrogen) atoms. The van der Waals surface area contributed by atoms with Crippen molar-refractivity contribution in [3.8, 4) is 5.75 Å². The molecule has 7 heteroatoms. The lowest BCUT2D eigenvalue weighted by Gasteiger charge is -2.07. The number of aromatic carboxylic acids is 1. The molecule has 0 aliphatic heterocycles. The van der Waals surface area contributed by atoms with Crippen LogP contribution in [0.15, 0.2) is 16.6 Å². The van der Waals surface area contributed by atoms with Crippen LogP contribution >= 0.6 is 15.9 Å². The standard InChI is InChI=1S/C8H6BrNO5/c1-15-7-5(9)2-4(8(11)12)3-6(7)10(13)14/h2-3H,1H3,(H,11,12)/p-1. The highest BCUT2D eigenvalue weighted by atomic mass is 79.9. The SMILES string of the molecule is COc1c(Br)cc(C(=O)[O-])cc1[N+](=O)[O-]. The van der Waals surface area contributed by atoms with E-state index in [2.05, 4.69) is 15.9 Å². The summed E-state index contributed by atoms with van der Waals surface area (Å²) < 4.78 is 4.96. The van der Waals surface area contributed by atoms with Gasteiger partial charge in [-0.15, -0.1) is 0 Å². The number of nitrogens with zero attached hydrogens (tertiary/aromatic N) is 1. The molecule has 0 heterocycles. The highest BCUT2D eigenvalue weighted by Crippen LogP contribution is 2.35. The third-order valence-corrected chi connectivity index (χ3v) is 2.25. The topological polar surface area (TPSA) is 92.5 Å². The van der Waals surface area contributed by atoms with Gasteiger partial charge in [-0.2, -0.15) is 0 Å². The molecule has 0 aliphatic rings. The summed E-state index contributed by atoms with van der Waals surface area (Å²) in [5, 5.41) is 21.1. The number of halogens is 1. The van der Waals surface area contributed by atoms with Crippen molar-refractivity contribution in [2.24, 2.45) is 0 Å². The molecule has 0 amide bonds. The maximum absolute atomic E-state index is 10.6. The minimum atomic E-state index is -1.48. The summed E-state index contributed by atoms with van der Waals surface area (Å²) in [6.07, 6.45) is 0. The molecule has 0 N–H and O–H groups in total. The fourth-order valence-electron chi connectivity index (χ4n) is 1.03. The highest BCUT2D eigenvalue weighted by molar-refractivity contribution is 9.10. The maximum Gasteiger partial charge on any atom is 0.312 e. The van der Waals surface area contributed by atoms with Gasteiger partial charge < -0.3 is 14.6 Å². The van der Waals surface area contributed by atoms with Gasteiger partial charge in [0.2, 0.25) is 5.75 Å². The molecule has 0 fully saturated rings. The Kier molecular flexibility index (Phi) is 3.25. The lowest BCUT2D eigenvalue weighted by atomic mass is 10.2. The first kappa shape index (κ1) is 11.4. The number of nitro groups is 1. The number of rotatable bonds is 3. The maximum atomic E-state index is 10.6. The summed E-state index contributed by atoms with van der Waals surface area (Å²) in [5.74, 6) is -1.51. The Morgan fingerprint density at radius 3 is 2.53 bits per heavy atom. The molecule has 1 aromatic carbocycles. The molecule has 0 unspecified atom stereocenters. The predicted octanol–water partition coefficient (Wildman–Crippen LogP) is 0.729. The highest BCUT2D eigenvalue weighted by Gasteiger charge is 2.19. The Labute approximate surface area is 92.8 Å². The van der Waals surface area contributed by atoms with Crippen LogP contribution in [0.3, 0.4) is 0 Å². The van der Waals surface area contributed by atoms with Gasteiger partial charge in [0.25, 0.3) is 0 Å². The summed E-state index contributed by atoms with van der Waals surface area (Å²) in [6.45, 7) is 0. The van der Waals surface area contributed by atoms with Gasteiger partial charge >= 0.3 is 5.69 Å². The van der Waals surface area contributed by atoms with E-state index in [1.54, 1.807) is 0 Å². The predicted molar refractivity (Wildman–Crippen MR) is 51.7 cm³/mol. The minimum Gasteiger partial charge on any atom is -0.545 e. The number of hydrogen-bond acceptors (Lipinski definition) is 5. The third kappa shape index (κ3) is 2.24. The summed E-state index contributed by atoms with van der Waals surface area (Å²) in [5.41, 5.74) is -0.708. The third-order valence-electron chi connectivity index (χ3n) is 1.66. The van der Waals surface area contributed by atoms with Gasteiger partial charge in [-0.05, 0) is 22.0 Å². The van der Waals surface area contributed by atoms with Gasteiger partial charge in [0.15, 0.2) is 0 Å². The first-order chi connectivity index (χ1) is 6.97. The van der Waals surface area contributed by atoms with Crippen molar-refractivity contribution in [3.63, 3.8) is 0 Å². The molecule has 1 rings (SSSR count). The smallest absolute Gasteiger partial charge is 0.312 e. The monoisotopic (exact) mass is 274 g/mol. The van der Waals surface area contributed by atoms with Gasteiger partial charge in [-0.3, -0.25) is 10.1 Å². The molecule has 0 radical (unpaired) electrons. The van der Waals surface area contributed by atoms with E-state index < -0.39 is 16.6 Å². The number of hydrogen-bond donors (Lipinski definition) is 0. The zero-order valence-corrected chi connectivity index (χ0v) is 9.11. The molecule has 0 spiro atoms. The van der Waals surface area contributed by atoms with E-state index in [1.165, 1.54) is 13.2 Å². The van der Waals surface area contributed by atoms with Gasteiger partial charge in [0.1, 0.15) is 0 Å². The van der Waals surface area contributed by atoms with Gasteiger partial charge in [0.05, 0.1) is 22.5 Å². The van der Waals surface area contributed by atoms with Crippen molar-refractivity contribution in [2.45, 2.75) is 0 Å². The van der Waals surface area contributed by atoms with Crippen LogP contribution in [0.2, 0.25) is 0 Å². The number of carbonyl (C=O) groups excluding carboxylic acids is 1. The second-order valence-corrected chi connectivity index (χ2v) is 3.41. The zero-order chi connectivity index (χ0) is 11.6. The van der Waals surface area contributed by atoms with Crippen LogP contribution in [0, 0.1) is 10.1 Å². The van der Waals surface area contributed by atoms with Crippen molar-refractivity contribution in [1.82, 2.24) is 0 Å². The first-order valence-corrected chi connectivity index (χ1v) is 4.50. The minimum absolute atomic E-state index is 0.0231. The van der Waals surface area contributed by atoms with E-state index in [1.807, 2.05) is 0 Å². The molecule has 80 valence electrons. The molecule has 1 aromatic rings. The molecule has 0 aliphatic carbocycles. The number of carbonyl (C=O) groups is 1. The normalized spacial score (nSPS) is 9.73.